The Morgan fingerprint density at radius 2 is 2.29 bits per heavy atom. The van der Waals surface area contributed by atoms with Gasteiger partial charge in [-0.2, -0.15) is 0 Å². The van der Waals surface area contributed by atoms with Crippen molar-refractivity contribution in [3.63, 3.8) is 0 Å². The largest absolute Gasteiger partial charge is 0.343 e. The van der Waals surface area contributed by atoms with E-state index in [4.69, 9.17) is 5.73 Å². The van der Waals surface area contributed by atoms with Gasteiger partial charge in [-0.1, -0.05) is 19.8 Å². The summed E-state index contributed by atoms with van der Waals surface area (Å²) >= 11 is 0. The second kappa shape index (κ2) is 6.34. The highest BCUT2D eigenvalue weighted by atomic mass is 16.2. The third kappa shape index (κ3) is 4.14. The number of unbranched alkanes of at least 4 members (excludes halogenated alkanes) is 1. The van der Waals surface area contributed by atoms with Crippen LogP contribution in [0.5, 0.6) is 0 Å². The Labute approximate surface area is 100 Å². The van der Waals surface area contributed by atoms with E-state index in [2.05, 4.69) is 10.6 Å². The van der Waals surface area contributed by atoms with Crippen LogP contribution in [0, 0.1) is 0 Å². The Kier molecular flexibility index (Phi) is 5.09. The number of carbonyl (C=O) groups is 3. The van der Waals surface area contributed by atoms with Crippen molar-refractivity contribution in [2.24, 2.45) is 5.73 Å². The van der Waals surface area contributed by atoms with E-state index in [-0.39, 0.29) is 18.2 Å². The molecule has 1 heterocycles. The molecule has 6 heteroatoms. The van der Waals surface area contributed by atoms with E-state index in [1.54, 1.807) is 0 Å². The molecule has 0 aliphatic carbocycles. The molecule has 6 nitrogen and oxygen atoms in total. The Bertz CT molecular complexity index is 317. The van der Waals surface area contributed by atoms with Gasteiger partial charge < -0.3 is 11.1 Å². The molecular weight excluding hydrogens is 222 g/mol. The zero-order valence-corrected chi connectivity index (χ0v) is 9.99. The molecule has 0 aromatic rings. The van der Waals surface area contributed by atoms with Gasteiger partial charge >= 0.3 is 0 Å². The van der Waals surface area contributed by atoms with Crippen LogP contribution in [0.4, 0.5) is 0 Å². The molecule has 2 atom stereocenters. The number of hydrogen-bond acceptors (Lipinski definition) is 4. The molecule has 17 heavy (non-hydrogen) atoms. The van der Waals surface area contributed by atoms with E-state index in [0.717, 1.165) is 12.8 Å². The van der Waals surface area contributed by atoms with Gasteiger partial charge in [-0.25, -0.2) is 0 Å². The Morgan fingerprint density at radius 1 is 1.59 bits per heavy atom. The minimum Gasteiger partial charge on any atom is -0.343 e. The molecule has 0 saturated carbocycles. The van der Waals surface area contributed by atoms with Crippen LogP contribution in [-0.4, -0.2) is 29.8 Å². The summed E-state index contributed by atoms with van der Waals surface area (Å²) in [7, 11) is 0. The van der Waals surface area contributed by atoms with Crippen LogP contribution in [0.15, 0.2) is 0 Å². The Balaban J connectivity index is 2.40. The molecular formula is C11H19N3O3. The molecule has 1 fully saturated rings. The van der Waals surface area contributed by atoms with Gasteiger partial charge in [0.2, 0.25) is 17.7 Å². The van der Waals surface area contributed by atoms with Crippen LogP contribution in [0.2, 0.25) is 0 Å². The van der Waals surface area contributed by atoms with Crippen molar-refractivity contribution in [1.82, 2.24) is 10.6 Å². The van der Waals surface area contributed by atoms with Crippen LogP contribution in [0.1, 0.15) is 39.0 Å². The first kappa shape index (κ1) is 13.6. The van der Waals surface area contributed by atoms with Gasteiger partial charge in [-0.15, -0.1) is 0 Å². The summed E-state index contributed by atoms with van der Waals surface area (Å²) in [5, 5.41) is 4.75. The van der Waals surface area contributed by atoms with Gasteiger partial charge in [0.25, 0.3) is 0 Å². The van der Waals surface area contributed by atoms with Gasteiger partial charge in [0, 0.05) is 6.42 Å². The summed E-state index contributed by atoms with van der Waals surface area (Å²) in [6, 6.07) is -1.21. The molecule has 1 rings (SSSR count). The van der Waals surface area contributed by atoms with Crippen LogP contribution in [0.25, 0.3) is 0 Å². The number of imide groups is 1. The Morgan fingerprint density at radius 3 is 2.88 bits per heavy atom. The summed E-state index contributed by atoms with van der Waals surface area (Å²) in [6.45, 7) is 2.02. The first-order valence-corrected chi connectivity index (χ1v) is 5.94. The van der Waals surface area contributed by atoms with E-state index in [9.17, 15) is 14.4 Å². The highest BCUT2D eigenvalue weighted by Gasteiger charge is 2.28. The minimum absolute atomic E-state index is 0.251. The van der Waals surface area contributed by atoms with Crippen molar-refractivity contribution >= 4 is 17.7 Å². The molecule has 0 aromatic heterocycles. The number of nitrogens with one attached hydrogen (secondary N) is 2. The fourth-order valence-corrected chi connectivity index (χ4v) is 1.67. The fourth-order valence-electron chi connectivity index (χ4n) is 1.67. The van der Waals surface area contributed by atoms with Crippen LogP contribution < -0.4 is 16.4 Å². The summed E-state index contributed by atoms with van der Waals surface area (Å²) in [5.41, 5.74) is 5.68. The van der Waals surface area contributed by atoms with E-state index < -0.39 is 18.0 Å². The van der Waals surface area contributed by atoms with Crippen molar-refractivity contribution < 1.29 is 14.4 Å². The molecule has 0 radical (unpaired) electrons. The quantitative estimate of drug-likeness (QED) is 0.561. The van der Waals surface area contributed by atoms with Crippen LogP contribution >= 0.6 is 0 Å². The van der Waals surface area contributed by atoms with Crippen molar-refractivity contribution in [3.05, 3.63) is 0 Å². The van der Waals surface area contributed by atoms with Gasteiger partial charge in [0.05, 0.1) is 6.04 Å². The molecule has 2 unspecified atom stereocenters. The summed E-state index contributed by atoms with van der Waals surface area (Å²) in [4.78, 5) is 33.9. The molecule has 0 bridgehead atoms. The fraction of sp³-hybridized carbons (Fsp3) is 0.727. The SMILES string of the molecule is CCCCC(N)C(=O)NC1CCC(=O)NC1=O. The Hall–Kier alpha value is -1.43. The lowest BCUT2D eigenvalue weighted by molar-refractivity contribution is -0.137. The van der Waals surface area contributed by atoms with E-state index in [1.807, 2.05) is 6.92 Å². The topological polar surface area (TPSA) is 101 Å². The van der Waals surface area contributed by atoms with Crippen molar-refractivity contribution in [1.29, 1.82) is 0 Å². The molecule has 1 saturated heterocycles. The lowest BCUT2D eigenvalue weighted by atomic mass is 10.0. The average Bonchev–Trinajstić information content (AvgIpc) is 2.29. The van der Waals surface area contributed by atoms with Gasteiger partial charge in [0.15, 0.2) is 0 Å². The maximum atomic E-state index is 11.6. The molecule has 1 aliphatic heterocycles. The van der Waals surface area contributed by atoms with Gasteiger partial charge in [-0.05, 0) is 12.8 Å². The highest BCUT2D eigenvalue weighted by Crippen LogP contribution is 2.05. The smallest absolute Gasteiger partial charge is 0.249 e. The van der Waals surface area contributed by atoms with Crippen LogP contribution in [-0.2, 0) is 14.4 Å². The molecule has 96 valence electrons. The monoisotopic (exact) mass is 241 g/mol. The zero-order chi connectivity index (χ0) is 12.8. The molecule has 0 aromatic carbocycles. The number of carbonyl (C=O) groups excluding carboxylic acids is 3. The summed E-state index contributed by atoms with van der Waals surface area (Å²) < 4.78 is 0. The summed E-state index contributed by atoms with van der Waals surface area (Å²) in [6.07, 6.45) is 3.05. The molecule has 4 N–H and O–H groups in total. The van der Waals surface area contributed by atoms with Crippen molar-refractivity contribution in [2.45, 2.75) is 51.1 Å². The second-order valence-corrected chi connectivity index (χ2v) is 4.26. The number of hydrogen-bond donors (Lipinski definition) is 3. The van der Waals surface area contributed by atoms with Crippen molar-refractivity contribution in [3.8, 4) is 0 Å². The standard InChI is InChI=1S/C11H19N3O3/c1-2-3-4-7(12)10(16)13-8-5-6-9(15)14-11(8)17/h7-8H,2-6,12H2,1H3,(H,13,16)(H,14,15,17). The predicted molar refractivity (Wildman–Crippen MR) is 61.8 cm³/mol. The normalized spacial score (nSPS) is 21.9. The molecule has 0 spiro atoms. The second-order valence-electron chi connectivity index (χ2n) is 4.26. The van der Waals surface area contributed by atoms with Crippen LogP contribution in [0.3, 0.4) is 0 Å². The van der Waals surface area contributed by atoms with Crippen molar-refractivity contribution in [2.75, 3.05) is 0 Å². The number of piperidine rings is 1. The third-order valence-electron chi connectivity index (χ3n) is 2.76. The molecule has 3 amide bonds. The van der Waals surface area contributed by atoms with E-state index in [1.165, 1.54) is 0 Å². The maximum absolute atomic E-state index is 11.6. The number of rotatable bonds is 5. The van der Waals surface area contributed by atoms with Gasteiger partial charge in [0.1, 0.15) is 6.04 Å². The summed E-state index contributed by atoms with van der Waals surface area (Å²) in [5.74, 6) is -1.07. The predicted octanol–water partition coefficient (Wildman–Crippen LogP) is -0.575. The van der Waals surface area contributed by atoms with Gasteiger partial charge in [-0.3, -0.25) is 19.7 Å². The first-order valence-electron chi connectivity index (χ1n) is 5.94. The third-order valence-corrected chi connectivity index (χ3v) is 2.76. The lowest BCUT2D eigenvalue weighted by Crippen LogP contribution is -2.55. The minimum atomic E-state index is -0.632. The number of amides is 3. The van der Waals surface area contributed by atoms with E-state index >= 15 is 0 Å². The zero-order valence-electron chi connectivity index (χ0n) is 9.99. The van der Waals surface area contributed by atoms with E-state index in [0.29, 0.717) is 12.8 Å². The first-order chi connectivity index (χ1) is 8.04. The lowest BCUT2D eigenvalue weighted by Gasteiger charge is -2.23. The number of nitrogens with two attached hydrogens (primary N) is 1. The highest BCUT2D eigenvalue weighted by molar-refractivity contribution is 6.01. The maximum Gasteiger partial charge on any atom is 0.249 e. The molecule has 1 aliphatic rings. The average molecular weight is 241 g/mol.